The van der Waals surface area contributed by atoms with Crippen LogP contribution in [0.5, 0.6) is 0 Å². The summed E-state index contributed by atoms with van der Waals surface area (Å²) in [6.45, 7) is 0.690. The molecule has 126 valence electrons. The quantitative estimate of drug-likeness (QED) is 0.724. The maximum Gasteiger partial charge on any atom is 0.248 e. The summed E-state index contributed by atoms with van der Waals surface area (Å²) in [7, 11) is 0. The summed E-state index contributed by atoms with van der Waals surface area (Å²) in [6.07, 6.45) is 1.70. The number of benzodiazepines with no additional fused rings is 1. The molecule has 0 saturated carbocycles. The van der Waals surface area contributed by atoms with E-state index in [-0.39, 0.29) is 25.7 Å². The van der Waals surface area contributed by atoms with E-state index in [1.165, 1.54) is 0 Å². The van der Waals surface area contributed by atoms with Crippen LogP contribution in [0.25, 0.3) is 0 Å². The molecule has 0 radical (unpaired) electrons. The minimum absolute atomic E-state index is 0.00487. The Balaban J connectivity index is 2.00. The standard InChI is InChI=1S/C18H15BrN4O2/c19-13-4-5-16-14(11-13)18(15-3-1-2-7-21-15)22-12-17(24)23(16)8-10-25-9-6-20/h1-5,7,11H,8-10,12H2. The zero-order valence-electron chi connectivity index (χ0n) is 13.4. The van der Waals surface area contributed by atoms with E-state index in [2.05, 4.69) is 25.9 Å². The van der Waals surface area contributed by atoms with Crippen molar-refractivity contribution in [2.24, 2.45) is 4.99 Å². The van der Waals surface area contributed by atoms with Crippen molar-refractivity contribution in [2.45, 2.75) is 0 Å². The monoisotopic (exact) mass is 398 g/mol. The molecule has 1 aliphatic rings. The Morgan fingerprint density at radius 2 is 2.20 bits per heavy atom. The first-order chi connectivity index (χ1) is 12.2. The lowest BCUT2D eigenvalue weighted by Crippen LogP contribution is -2.35. The normalized spacial score (nSPS) is 13.7. The molecule has 0 aliphatic carbocycles. The Morgan fingerprint density at radius 1 is 1.32 bits per heavy atom. The highest BCUT2D eigenvalue weighted by Crippen LogP contribution is 2.29. The SMILES string of the molecule is N#CCOCCN1C(=O)CN=C(c2ccccn2)c2cc(Br)ccc21. The molecule has 0 unspecified atom stereocenters. The van der Waals surface area contributed by atoms with Gasteiger partial charge in [-0.25, -0.2) is 0 Å². The Hall–Kier alpha value is -2.56. The van der Waals surface area contributed by atoms with Gasteiger partial charge < -0.3 is 9.64 Å². The van der Waals surface area contributed by atoms with E-state index in [1.54, 1.807) is 11.1 Å². The van der Waals surface area contributed by atoms with Gasteiger partial charge >= 0.3 is 0 Å². The van der Waals surface area contributed by atoms with E-state index < -0.39 is 0 Å². The summed E-state index contributed by atoms with van der Waals surface area (Å²) in [4.78, 5) is 23.1. The molecule has 3 rings (SSSR count). The number of carbonyl (C=O) groups excluding carboxylic acids is 1. The second kappa shape index (κ2) is 8.01. The largest absolute Gasteiger partial charge is 0.365 e. The van der Waals surface area contributed by atoms with Crippen LogP contribution in [0.1, 0.15) is 11.3 Å². The number of fused-ring (bicyclic) bond motifs is 1. The van der Waals surface area contributed by atoms with Crippen LogP contribution in [-0.2, 0) is 9.53 Å². The molecule has 2 heterocycles. The molecular weight excluding hydrogens is 384 g/mol. The highest BCUT2D eigenvalue weighted by atomic mass is 79.9. The third kappa shape index (κ3) is 3.92. The summed E-state index contributed by atoms with van der Waals surface area (Å²) >= 11 is 3.48. The van der Waals surface area contributed by atoms with E-state index in [0.29, 0.717) is 12.3 Å². The summed E-state index contributed by atoms with van der Waals surface area (Å²) in [6, 6.07) is 13.2. The van der Waals surface area contributed by atoms with Gasteiger partial charge in [-0.2, -0.15) is 5.26 Å². The number of benzene rings is 1. The molecular formula is C18H15BrN4O2. The Bertz CT molecular complexity index is 846. The number of aromatic nitrogens is 1. The number of nitrogens with zero attached hydrogens (tertiary/aromatic N) is 4. The van der Waals surface area contributed by atoms with Crippen LogP contribution in [0.3, 0.4) is 0 Å². The van der Waals surface area contributed by atoms with Gasteiger partial charge in [0, 0.05) is 22.8 Å². The molecule has 0 N–H and O–H groups in total. The molecule has 0 saturated heterocycles. The Labute approximate surface area is 153 Å². The number of halogens is 1. The van der Waals surface area contributed by atoms with Crippen LogP contribution in [0.2, 0.25) is 0 Å². The fourth-order valence-corrected chi connectivity index (χ4v) is 2.99. The number of nitriles is 1. The topological polar surface area (TPSA) is 78.6 Å². The maximum atomic E-state index is 12.6. The highest BCUT2D eigenvalue weighted by Gasteiger charge is 2.25. The first-order valence-corrected chi connectivity index (χ1v) is 8.51. The van der Waals surface area contributed by atoms with Gasteiger partial charge in [-0.05, 0) is 30.3 Å². The summed E-state index contributed by atoms with van der Waals surface area (Å²) in [5.41, 5.74) is 3.00. The molecule has 2 aromatic rings. The van der Waals surface area contributed by atoms with Crippen molar-refractivity contribution >= 4 is 33.2 Å². The molecule has 1 aliphatic heterocycles. The molecule has 0 atom stereocenters. The van der Waals surface area contributed by atoms with Crippen LogP contribution in [0, 0.1) is 11.3 Å². The smallest absolute Gasteiger partial charge is 0.248 e. The number of pyridine rings is 1. The molecule has 1 amide bonds. The predicted octanol–water partition coefficient (Wildman–Crippen LogP) is 2.57. The minimum atomic E-state index is -0.116. The number of rotatable bonds is 5. The van der Waals surface area contributed by atoms with Crippen LogP contribution in [-0.4, -0.2) is 42.9 Å². The summed E-state index contributed by atoms with van der Waals surface area (Å²) in [5.74, 6) is -0.116. The number of anilines is 1. The van der Waals surface area contributed by atoms with Gasteiger partial charge in [0.05, 0.1) is 29.8 Å². The first kappa shape index (κ1) is 17.3. The fourth-order valence-electron chi connectivity index (χ4n) is 2.63. The molecule has 1 aromatic carbocycles. The van der Waals surface area contributed by atoms with Gasteiger partial charge in [-0.3, -0.25) is 14.8 Å². The van der Waals surface area contributed by atoms with Crippen molar-refractivity contribution in [1.29, 1.82) is 5.26 Å². The van der Waals surface area contributed by atoms with Gasteiger partial charge in [0.1, 0.15) is 13.2 Å². The van der Waals surface area contributed by atoms with E-state index in [0.717, 1.165) is 21.4 Å². The molecule has 25 heavy (non-hydrogen) atoms. The van der Waals surface area contributed by atoms with Crippen LogP contribution < -0.4 is 4.90 Å². The third-order valence-corrected chi connectivity index (χ3v) is 4.20. The minimum Gasteiger partial charge on any atom is -0.365 e. The summed E-state index contributed by atoms with van der Waals surface area (Å²) in [5, 5.41) is 8.56. The summed E-state index contributed by atoms with van der Waals surface area (Å²) < 4.78 is 6.10. The van der Waals surface area contributed by atoms with Gasteiger partial charge in [-0.15, -0.1) is 0 Å². The van der Waals surface area contributed by atoms with Crippen molar-refractivity contribution in [3.8, 4) is 6.07 Å². The number of carbonyl (C=O) groups is 1. The van der Waals surface area contributed by atoms with E-state index in [4.69, 9.17) is 10.00 Å². The third-order valence-electron chi connectivity index (χ3n) is 3.71. The number of amides is 1. The molecule has 1 aromatic heterocycles. The zero-order valence-corrected chi connectivity index (χ0v) is 14.9. The number of hydrogen-bond acceptors (Lipinski definition) is 5. The lowest BCUT2D eigenvalue weighted by molar-refractivity contribution is -0.117. The van der Waals surface area contributed by atoms with E-state index >= 15 is 0 Å². The van der Waals surface area contributed by atoms with Gasteiger partial charge in [0.25, 0.3) is 0 Å². The van der Waals surface area contributed by atoms with Crippen molar-refractivity contribution in [2.75, 3.05) is 31.2 Å². The molecule has 0 spiro atoms. The average Bonchev–Trinajstić information content (AvgIpc) is 2.76. The molecule has 6 nitrogen and oxygen atoms in total. The van der Waals surface area contributed by atoms with Gasteiger partial charge in [-0.1, -0.05) is 22.0 Å². The van der Waals surface area contributed by atoms with Crippen LogP contribution >= 0.6 is 15.9 Å². The van der Waals surface area contributed by atoms with Gasteiger partial charge in [0.15, 0.2) is 0 Å². The average molecular weight is 399 g/mol. The van der Waals surface area contributed by atoms with E-state index in [1.807, 2.05) is 42.5 Å². The molecule has 0 bridgehead atoms. The number of hydrogen-bond donors (Lipinski definition) is 0. The second-order valence-electron chi connectivity index (χ2n) is 5.30. The Kier molecular flexibility index (Phi) is 5.53. The van der Waals surface area contributed by atoms with Crippen molar-refractivity contribution in [3.05, 3.63) is 58.3 Å². The lowest BCUT2D eigenvalue weighted by atomic mass is 10.0. The van der Waals surface area contributed by atoms with Crippen molar-refractivity contribution < 1.29 is 9.53 Å². The maximum absolute atomic E-state index is 12.6. The second-order valence-corrected chi connectivity index (χ2v) is 6.21. The molecule has 0 fully saturated rings. The predicted molar refractivity (Wildman–Crippen MR) is 97.7 cm³/mol. The number of aliphatic imine (C=N–C) groups is 1. The highest BCUT2D eigenvalue weighted by molar-refractivity contribution is 9.10. The molecule has 7 heteroatoms. The van der Waals surface area contributed by atoms with E-state index in [9.17, 15) is 4.79 Å². The van der Waals surface area contributed by atoms with Crippen molar-refractivity contribution in [3.63, 3.8) is 0 Å². The fraction of sp³-hybridized carbons (Fsp3) is 0.222. The van der Waals surface area contributed by atoms with Gasteiger partial charge in [0.2, 0.25) is 5.91 Å². The van der Waals surface area contributed by atoms with Crippen LogP contribution in [0.4, 0.5) is 5.69 Å². The lowest BCUT2D eigenvalue weighted by Gasteiger charge is -2.23. The zero-order chi connectivity index (χ0) is 17.6. The Morgan fingerprint density at radius 3 is 2.96 bits per heavy atom. The van der Waals surface area contributed by atoms with Crippen molar-refractivity contribution in [1.82, 2.24) is 4.98 Å². The first-order valence-electron chi connectivity index (χ1n) is 7.71. The van der Waals surface area contributed by atoms with Crippen LogP contribution in [0.15, 0.2) is 52.1 Å². The number of ether oxygens (including phenoxy) is 1.